The van der Waals surface area contributed by atoms with E-state index in [9.17, 15) is 4.79 Å². The zero-order chi connectivity index (χ0) is 14.0. The lowest BCUT2D eigenvalue weighted by molar-refractivity contribution is -0.137. The molecule has 0 amide bonds. The SMILES string of the molecule is CCOc1ccc2c(c1)c(C(C)CC(=O)O)cn2C. The van der Waals surface area contributed by atoms with Crippen LogP contribution in [0.15, 0.2) is 24.4 Å². The molecule has 102 valence electrons. The van der Waals surface area contributed by atoms with Crippen LogP contribution in [0.2, 0.25) is 0 Å². The van der Waals surface area contributed by atoms with E-state index in [2.05, 4.69) is 0 Å². The smallest absolute Gasteiger partial charge is 0.303 e. The van der Waals surface area contributed by atoms with E-state index >= 15 is 0 Å². The summed E-state index contributed by atoms with van der Waals surface area (Å²) >= 11 is 0. The summed E-state index contributed by atoms with van der Waals surface area (Å²) in [6, 6.07) is 5.95. The van der Waals surface area contributed by atoms with E-state index in [4.69, 9.17) is 9.84 Å². The fourth-order valence-electron chi connectivity index (χ4n) is 2.42. The van der Waals surface area contributed by atoms with Crippen LogP contribution in [0.4, 0.5) is 0 Å². The number of hydrogen-bond donors (Lipinski definition) is 1. The van der Waals surface area contributed by atoms with Gasteiger partial charge < -0.3 is 14.4 Å². The highest BCUT2D eigenvalue weighted by atomic mass is 16.5. The predicted molar refractivity (Wildman–Crippen MR) is 74.8 cm³/mol. The van der Waals surface area contributed by atoms with Gasteiger partial charge in [-0.1, -0.05) is 6.92 Å². The third-order valence-corrected chi connectivity index (χ3v) is 3.31. The third kappa shape index (κ3) is 2.72. The second kappa shape index (κ2) is 5.34. The van der Waals surface area contributed by atoms with Crippen LogP contribution in [0.5, 0.6) is 5.75 Å². The first-order valence-corrected chi connectivity index (χ1v) is 6.46. The minimum atomic E-state index is -0.773. The van der Waals surface area contributed by atoms with Gasteiger partial charge >= 0.3 is 5.97 Å². The molecule has 4 heteroatoms. The Morgan fingerprint density at radius 2 is 2.21 bits per heavy atom. The molecule has 0 spiro atoms. The zero-order valence-electron chi connectivity index (χ0n) is 11.5. The van der Waals surface area contributed by atoms with Gasteiger partial charge in [0.2, 0.25) is 0 Å². The largest absolute Gasteiger partial charge is 0.494 e. The van der Waals surface area contributed by atoms with Crippen LogP contribution in [0, 0.1) is 0 Å². The summed E-state index contributed by atoms with van der Waals surface area (Å²) in [6.45, 7) is 4.51. The minimum Gasteiger partial charge on any atom is -0.494 e. The van der Waals surface area contributed by atoms with E-state index in [-0.39, 0.29) is 12.3 Å². The number of carbonyl (C=O) groups is 1. The van der Waals surface area contributed by atoms with E-state index in [1.807, 2.05) is 49.9 Å². The molecule has 4 nitrogen and oxygen atoms in total. The normalized spacial score (nSPS) is 12.6. The van der Waals surface area contributed by atoms with Gasteiger partial charge in [-0.05, 0) is 36.6 Å². The maximum absolute atomic E-state index is 10.9. The Kier molecular flexibility index (Phi) is 3.79. The Morgan fingerprint density at radius 1 is 1.47 bits per heavy atom. The molecule has 2 rings (SSSR count). The van der Waals surface area contributed by atoms with Crippen molar-refractivity contribution >= 4 is 16.9 Å². The van der Waals surface area contributed by atoms with Crippen LogP contribution >= 0.6 is 0 Å². The number of hydrogen-bond acceptors (Lipinski definition) is 2. The van der Waals surface area contributed by atoms with Crippen LogP contribution in [-0.4, -0.2) is 22.2 Å². The lowest BCUT2D eigenvalue weighted by Gasteiger charge is -2.08. The van der Waals surface area contributed by atoms with Crippen molar-refractivity contribution < 1.29 is 14.6 Å². The number of carboxylic acid groups (broad SMARTS) is 1. The number of benzene rings is 1. The number of rotatable bonds is 5. The van der Waals surface area contributed by atoms with E-state index in [1.54, 1.807) is 0 Å². The molecule has 0 bridgehead atoms. The van der Waals surface area contributed by atoms with Gasteiger partial charge in [-0.2, -0.15) is 0 Å². The standard InChI is InChI=1S/C15H19NO3/c1-4-19-11-5-6-14-12(8-11)13(9-16(14)3)10(2)7-15(17)18/h5-6,8-10H,4,7H2,1-3H3,(H,17,18). The van der Waals surface area contributed by atoms with Crippen molar-refractivity contribution in [1.82, 2.24) is 4.57 Å². The maximum Gasteiger partial charge on any atom is 0.303 e. The molecule has 19 heavy (non-hydrogen) atoms. The van der Waals surface area contributed by atoms with Crippen LogP contribution in [0.1, 0.15) is 31.7 Å². The van der Waals surface area contributed by atoms with E-state index in [0.29, 0.717) is 6.61 Å². The first-order chi connectivity index (χ1) is 9.02. The number of aryl methyl sites for hydroxylation is 1. The van der Waals surface area contributed by atoms with Crippen LogP contribution in [0.25, 0.3) is 10.9 Å². The van der Waals surface area contributed by atoms with Gasteiger partial charge in [-0.15, -0.1) is 0 Å². The topological polar surface area (TPSA) is 51.5 Å². The summed E-state index contributed by atoms with van der Waals surface area (Å²) in [5.41, 5.74) is 2.15. The average molecular weight is 261 g/mol. The molecule has 1 heterocycles. The van der Waals surface area contributed by atoms with Gasteiger partial charge in [0.25, 0.3) is 0 Å². The van der Waals surface area contributed by atoms with Crippen molar-refractivity contribution in [3.8, 4) is 5.75 Å². The number of nitrogens with zero attached hydrogens (tertiary/aromatic N) is 1. The molecule has 1 atom stereocenters. The number of ether oxygens (including phenoxy) is 1. The van der Waals surface area contributed by atoms with E-state index < -0.39 is 5.97 Å². The molecular weight excluding hydrogens is 242 g/mol. The number of aliphatic carboxylic acids is 1. The number of carboxylic acids is 1. The van der Waals surface area contributed by atoms with Gasteiger partial charge in [0.15, 0.2) is 0 Å². The molecule has 0 aliphatic rings. The molecule has 1 aromatic heterocycles. The van der Waals surface area contributed by atoms with Gasteiger partial charge in [-0.25, -0.2) is 0 Å². The summed E-state index contributed by atoms with van der Waals surface area (Å²) in [4.78, 5) is 10.9. The second-order valence-electron chi connectivity index (χ2n) is 4.81. The first-order valence-electron chi connectivity index (χ1n) is 6.46. The summed E-state index contributed by atoms with van der Waals surface area (Å²) in [5, 5.41) is 10.0. The minimum absolute atomic E-state index is 0.0157. The van der Waals surface area contributed by atoms with Crippen LogP contribution in [-0.2, 0) is 11.8 Å². The maximum atomic E-state index is 10.9. The molecule has 2 aromatic rings. The summed E-state index contributed by atoms with van der Waals surface area (Å²) in [7, 11) is 1.97. The van der Waals surface area contributed by atoms with E-state index in [0.717, 1.165) is 22.2 Å². The highest BCUT2D eigenvalue weighted by Gasteiger charge is 2.16. The molecule has 0 radical (unpaired) electrons. The second-order valence-corrected chi connectivity index (χ2v) is 4.81. The molecule has 1 aromatic carbocycles. The van der Waals surface area contributed by atoms with Crippen molar-refractivity contribution in [2.45, 2.75) is 26.2 Å². The molecule has 1 unspecified atom stereocenters. The van der Waals surface area contributed by atoms with Gasteiger partial charge in [-0.3, -0.25) is 4.79 Å². The highest BCUT2D eigenvalue weighted by Crippen LogP contribution is 2.31. The Labute approximate surface area is 112 Å². The van der Waals surface area contributed by atoms with Crippen molar-refractivity contribution in [2.24, 2.45) is 7.05 Å². The lowest BCUT2D eigenvalue weighted by atomic mass is 9.97. The molecule has 0 aliphatic heterocycles. The summed E-state index contributed by atoms with van der Waals surface area (Å²) in [5.74, 6) is 0.0357. The lowest BCUT2D eigenvalue weighted by Crippen LogP contribution is -2.02. The molecule has 0 aliphatic carbocycles. The van der Waals surface area contributed by atoms with Crippen LogP contribution < -0.4 is 4.74 Å². The van der Waals surface area contributed by atoms with E-state index in [1.165, 1.54) is 0 Å². The van der Waals surface area contributed by atoms with Crippen molar-refractivity contribution in [1.29, 1.82) is 0 Å². The highest BCUT2D eigenvalue weighted by molar-refractivity contribution is 5.86. The third-order valence-electron chi connectivity index (χ3n) is 3.31. The Hall–Kier alpha value is -1.97. The zero-order valence-corrected chi connectivity index (χ0v) is 11.5. The van der Waals surface area contributed by atoms with Gasteiger partial charge in [0, 0.05) is 24.1 Å². The molecule has 0 saturated heterocycles. The molecule has 1 N–H and O–H groups in total. The van der Waals surface area contributed by atoms with Crippen molar-refractivity contribution in [3.63, 3.8) is 0 Å². The Morgan fingerprint density at radius 3 is 2.84 bits per heavy atom. The predicted octanol–water partition coefficient (Wildman–Crippen LogP) is 3.16. The van der Waals surface area contributed by atoms with Crippen LogP contribution in [0.3, 0.4) is 0 Å². The molecular formula is C15H19NO3. The monoisotopic (exact) mass is 261 g/mol. The summed E-state index contributed by atoms with van der Waals surface area (Å²) in [6.07, 6.45) is 2.14. The molecule has 0 fully saturated rings. The Bertz CT molecular complexity index is 601. The fraction of sp³-hybridized carbons (Fsp3) is 0.400. The number of fused-ring (bicyclic) bond motifs is 1. The van der Waals surface area contributed by atoms with Gasteiger partial charge in [0.1, 0.15) is 5.75 Å². The molecule has 0 saturated carbocycles. The summed E-state index contributed by atoms with van der Waals surface area (Å²) < 4.78 is 7.54. The van der Waals surface area contributed by atoms with Crippen molar-refractivity contribution in [3.05, 3.63) is 30.0 Å². The number of aromatic nitrogens is 1. The average Bonchev–Trinajstić information content (AvgIpc) is 2.66. The Balaban J connectivity index is 2.47. The van der Waals surface area contributed by atoms with Gasteiger partial charge in [0.05, 0.1) is 13.0 Å². The van der Waals surface area contributed by atoms with Crippen molar-refractivity contribution in [2.75, 3.05) is 6.61 Å². The fourth-order valence-corrected chi connectivity index (χ4v) is 2.42. The quantitative estimate of drug-likeness (QED) is 0.899. The first kappa shape index (κ1) is 13.5.